The second-order valence-corrected chi connectivity index (χ2v) is 9.89. The van der Waals surface area contributed by atoms with Crippen LogP contribution in [0.25, 0.3) is 11.3 Å². The highest BCUT2D eigenvalue weighted by atomic mass is 35.5. The van der Waals surface area contributed by atoms with Crippen LogP contribution in [0.1, 0.15) is 23.2 Å². The summed E-state index contributed by atoms with van der Waals surface area (Å²) in [5.74, 6) is 0.722. The number of primary amides is 1. The number of nitrogens with zero attached hydrogens (tertiary/aromatic N) is 4. The standard InChI is InChI=1S/C23H26ClF2N5O3/c24-16-3-4-19(34-23(25)26)17(5-16)21-18(22(27)33)11-31(28-21)12-20(32)30-9-14-7-29(6-13-1-2-13)8-15(14)10-30/h3-5,11,13-15,23H,1-2,6-10,12H2,(H2,27,33). The molecule has 11 heteroatoms. The summed E-state index contributed by atoms with van der Waals surface area (Å²) < 4.78 is 31.7. The predicted molar refractivity (Wildman–Crippen MR) is 121 cm³/mol. The lowest BCUT2D eigenvalue weighted by Crippen LogP contribution is -2.35. The highest BCUT2D eigenvalue weighted by Crippen LogP contribution is 2.37. The molecule has 0 bridgehead atoms. The van der Waals surface area contributed by atoms with Crippen LogP contribution >= 0.6 is 11.6 Å². The fraction of sp³-hybridized carbons (Fsp3) is 0.522. The largest absolute Gasteiger partial charge is 0.434 e. The minimum Gasteiger partial charge on any atom is -0.434 e. The number of carbonyl (C=O) groups excluding carboxylic acids is 2. The Hall–Kier alpha value is -2.72. The van der Waals surface area contributed by atoms with E-state index >= 15 is 0 Å². The first-order chi connectivity index (χ1) is 16.3. The zero-order valence-electron chi connectivity index (χ0n) is 18.5. The van der Waals surface area contributed by atoms with Gasteiger partial charge in [-0.3, -0.25) is 14.3 Å². The zero-order valence-corrected chi connectivity index (χ0v) is 19.3. The van der Waals surface area contributed by atoms with Crippen LogP contribution in [-0.2, 0) is 11.3 Å². The molecule has 34 heavy (non-hydrogen) atoms. The number of nitrogens with two attached hydrogens (primary N) is 1. The zero-order chi connectivity index (χ0) is 24.0. The molecule has 8 nitrogen and oxygen atoms in total. The van der Waals surface area contributed by atoms with Crippen molar-refractivity contribution in [2.45, 2.75) is 26.0 Å². The number of carbonyl (C=O) groups is 2. The van der Waals surface area contributed by atoms with Gasteiger partial charge in [-0.25, -0.2) is 0 Å². The van der Waals surface area contributed by atoms with Gasteiger partial charge < -0.3 is 20.3 Å². The summed E-state index contributed by atoms with van der Waals surface area (Å²) in [4.78, 5) is 29.4. The third-order valence-corrected chi connectivity index (χ3v) is 7.10. The van der Waals surface area contributed by atoms with E-state index in [2.05, 4.69) is 14.7 Å². The highest BCUT2D eigenvalue weighted by Gasteiger charge is 2.42. The van der Waals surface area contributed by atoms with Gasteiger partial charge >= 0.3 is 6.61 Å². The molecule has 5 rings (SSSR count). The maximum absolute atomic E-state index is 13.0. The van der Waals surface area contributed by atoms with Crippen molar-refractivity contribution in [1.29, 1.82) is 0 Å². The molecule has 1 aliphatic carbocycles. The van der Waals surface area contributed by atoms with Crippen LogP contribution < -0.4 is 10.5 Å². The number of hydrogen-bond donors (Lipinski definition) is 1. The molecule has 182 valence electrons. The summed E-state index contributed by atoms with van der Waals surface area (Å²) in [7, 11) is 0. The average molecular weight is 494 g/mol. The molecule has 3 aliphatic rings. The van der Waals surface area contributed by atoms with Crippen molar-refractivity contribution in [1.82, 2.24) is 19.6 Å². The van der Waals surface area contributed by atoms with Crippen LogP contribution in [0.15, 0.2) is 24.4 Å². The number of halogens is 3. The second kappa shape index (κ2) is 9.14. The average Bonchev–Trinajstić information content (AvgIpc) is 3.15. The van der Waals surface area contributed by atoms with E-state index in [1.165, 1.54) is 48.5 Å². The van der Waals surface area contributed by atoms with Crippen molar-refractivity contribution < 1.29 is 23.1 Å². The Labute approximate surface area is 200 Å². The van der Waals surface area contributed by atoms with E-state index in [1.54, 1.807) is 0 Å². The van der Waals surface area contributed by atoms with Gasteiger partial charge in [0.1, 0.15) is 18.0 Å². The van der Waals surface area contributed by atoms with Crippen molar-refractivity contribution in [2.24, 2.45) is 23.5 Å². The van der Waals surface area contributed by atoms with Crippen LogP contribution in [0.4, 0.5) is 8.78 Å². The van der Waals surface area contributed by atoms with Crippen molar-refractivity contribution >= 4 is 23.4 Å². The summed E-state index contributed by atoms with van der Waals surface area (Å²) in [5.41, 5.74) is 5.63. The number of rotatable bonds is 8. The van der Waals surface area contributed by atoms with Gasteiger partial charge in [0.25, 0.3) is 5.91 Å². The lowest BCUT2D eigenvalue weighted by atomic mass is 10.0. The summed E-state index contributed by atoms with van der Waals surface area (Å²) in [6.45, 7) is 1.50. The molecule has 2 unspecified atom stereocenters. The molecule has 0 spiro atoms. The molecule has 2 saturated heterocycles. The lowest BCUT2D eigenvalue weighted by Gasteiger charge is -2.21. The summed E-state index contributed by atoms with van der Waals surface area (Å²) in [5, 5.41) is 4.57. The molecule has 3 heterocycles. The number of aromatic nitrogens is 2. The third-order valence-electron chi connectivity index (χ3n) is 6.87. The van der Waals surface area contributed by atoms with Gasteiger partial charge in [-0.2, -0.15) is 13.9 Å². The van der Waals surface area contributed by atoms with E-state index in [0.717, 1.165) is 19.0 Å². The van der Waals surface area contributed by atoms with Crippen molar-refractivity contribution in [3.63, 3.8) is 0 Å². The van der Waals surface area contributed by atoms with Crippen molar-refractivity contribution in [2.75, 3.05) is 32.7 Å². The van der Waals surface area contributed by atoms with E-state index < -0.39 is 12.5 Å². The topological polar surface area (TPSA) is 93.7 Å². The molecule has 2 aliphatic heterocycles. The number of hydrogen-bond acceptors (Lipinski definition) is 5. The Morgan fingerprint density at radius 3 is 2.50 bits per heavy atom. The fourth-order valence-electron chi connectivity index (χ4n) is 5.11. The van der Waals surface area contributed by atoms with Crippen LogP contribution in [0.3, 0.4) is 0 Å². The molecule has 2 atom stereocenters. The lowest BCUT2D eigenvalue weighted by molar-refractivity contribution is -0.131. The highest BCUT2D eigenvalue weighted by molar-refractivity contribution is 6.31. The minimum absolute atomic E-state index is 0.0109. The van der Waals surface area contributed by atoms with Gasteiger partial charge in [-0.1, -0.05) is 11.6 Å². The number of fused-ring (bicyclic) bond motifs is 1. The van der Waals surface area contributed by atoms with E-state index in [9.17, 15) is 18.4 Å². The molecular formula is C23H26ClF2N5O3. The van der Waals surface area contributed by atoms with Crippen LogP contribution in [-0.4, -0.2) is 70.7 Å². The predicted octanol–water partition coefficient (Wildman–Crippen LogP) is 2.70. The maximum Gasteiger partial charge on any atom is 0.387 e. The minimum atomic E-state index is -3.07. The van der Waals surface area contributed by atoms with Gasteiger partial charge in [0.2, 0.25) is 5.91 Å². The number of ether oxygens (including phenoxy) is 1. The summed E-state index contributed by atoms with van der Waals surface area (Å²) >= 11 is 6.04. The van der Waals surface area contributed by atoms with Crippen LogP contribution in [0, 0.1) is 17.8 Å². The number of alkyl halides is 2. The number of likely N-dealkylation sites (tertiary alicyclic amines) is 2. The van der Waals surface area contributed by atoms with E-state index in [1.807, 2.05) is 4.90 Å². The fourth-order valence-corrected chi connectivity index (χ4v) is 5.29. The van der Waals surface area contributed by atoms with Crippen LogP contribution in [0.5, 0.6) is 5.75 Å². The number of amides is 2. The molecule has 2 amide bonds. The molecule has 1 aromatic heterocycles. The van der Waals surface area contributed by atoms with Gasteiger partial charge in [0, 0.05) is 49.5 Å². The Morgan fingerprint density at radius 2 is 1.88 bits per heavy atom. The van der Waals surface area contributed by atoms with Crippen molar-refractivity contribution in [3.8, 4) is 17.0 Å². The Morgan fingerprint density at radius 1 is 1.18 bits per heavy atom. The molecule has 2 aromatic rings. The first-order valence-corrected chi connectivity index (χ1v) is 11.8. The van der Waals surface area contributed by atoms with Gasteiger partial charge in [0.15, 0.2) is 0 Å². The number of benzene rings is 1. The monoisotopic (exact) mass is 493 g/mol. The Balaban J connectivity index is 1.30. The van der Waals surface area contributed by atoms with Gasteiger partial charge in [0.05, 0.1) is 5.56 Å². The summed E-state index contributed by atoms with van der Waals surface area (Å²) in [6.07, 6.45) is 4.03. The van der Waals surface area contributed by atoms with Gasteiger partial charge in [-0.15, -0.1) is 0 Å². The summed E-state index contributed by atoms with van der Waals surface area (Å²) in [6, 6.07) is 4.03. The maximum atomic E-state index is 13.0. The molecule has 3 fully saturated rings. The molecule has 0 radical (unpaired) electrons. The Kier molecular flexibility index (Phi) is 6.20. The van der Waals surface area contributed by atoms with E-state index in [4.69, 9.17) is 17.3 Å². The smallest absolute Gasteiger partial charge is 0.387 e. The molecular weight excluding hydrogens is 468 g/mol. The van der Waals surface area contributed by atoms with Crippen LogP contribution in [0.2, 0.25) is 5.02 Å². The van der Waals surface area contributed by atoms with Gasteiger partial charge in [-0.05, 0) is 48.8 Å². The quantitative estimate of drug-likeness (QED) is 0.610. The molecule has 1 saturated carbocycles. The SMILES string of the molecule is NC(=O)c1cn(CC(=O)N2CC3CN(CC4CC4)CC3C2)nc1-c1cc(Cl)ccc1OC(F)F. The van der Waals surface area contributed by atoms with E-state index in [0.29, 0.717) is 24.9 Å². The molecule has 1 aromatic carbocycles. The first kappa shape index (κ1) is 23.0. The van der Waals surface area contributed by atoms with E-state index in [-0.39, 0.29) is 40.0 Å². The first-order valence-electron chi connectivity index (χ1n) is 11.4. The normalized spacial score (nSPS) is 22.4. The van der Waals surface area contributed by atoms with Crippen molar-refractivity contribution in [3.05, 3.63) is 35.0 Å². The second-order valence-electron chi connectivity index (χ2n) is 9.45. The molecule has 2 N–H and O–H groups in total. The third kappa shape index (κ3) is 4.88. The Bertz CT molecular complexity index is 1090.